The van der Waals surface area contributed by atoms with E-state index in [1.807, 2.05) is 12.1 Å². The molecular weight excluding hydrogens is 296 g/mol. The van der Waals surface area contributed by atoms with Crippen molar-refractivity contribution in [3.8, 4) is 5.75 Å². The summed E-state index contributed by atoms with van der Waals surface area (Å²) < 4.78 is 0. The summed E-state index contributed by atoms with van der Waals surface area (Å²) in [7, 11) is 2.24. The third-order valence-corrected chi connectivity index (χ3v) is 6.13. The molecule has 0 saturated carbocycles. The number of aromatic hydroxyl groups is 1. The second-order valence-electron chi connectivity index (χ2n) is 7.61. The van der Waals surface area contributed by atoms with E-state index >= 15 is 0 Å². The highest BCUT2D eigenvalue weighted by molar-refractivity contribution is 5.45. The van der Waals surface area contributed by atoms with Gasteiger partial charge >= 0.3 is 0 Å². The molecule has 2 aliphatic rings. The first-order chi connectivity index (χ1) is 11.6. The van der Waals surface area contributed by atoms with Crippen LogP contribution in [0.15, 0.2) is 48.5 Å². The van der Waals surface area contributed by atoms with Crippen LogP contribution in [0.25, 0.3) is 0 Å². The zero-order valence-electron chi connectivity index (χ0n) is 14.5. The van der Waals surface area contributed by atoms with Gasteiger partial charge in [-0.3, -0.25) is 0 Å². The van der Waals surface area contributed by atoms with Crippen LogP contribution in [0.3, 0.4) is 0 Å². The van der Waals surface area contributed by atoms with Crippen molar-refractivity contribution in [3.05, 3.63) is 65.2 Å². The van der Waals surface area contributed by atoms with Gasteiger partial charge in [-0.25, -0.2) is 0 Å². The van der Waals surface area contributed by atoms with E-state index in [1.54, 1.807) is 0 Å². The van der Waals surface area contributed by atoms with Crippen molar-refractivity contribution in [2.45, 2.75) is 43.8 Å². The summed E-state index contributed by atoms with van der Waals surface area (Å²) in [5.41, 5.74) is 4.11. The molecule has 0 unspecified atom stereocenters. The number of likely N-dealkylation sites (N-methyl/N-ethyl adjacent to an activating group) is 1. The maximum absolute atomic E-state index is 10.0. The standard InChI is InChI=1S/C21H26N2O/c1-21-10-11-23(2)19(12-16-8-9-17(24)13-18(16)21)20(21)22-14-15-6-4-3-5-7-15/h3-9,13,19-20,22,24H,10-12,14H2,1-2H3/t19-,20+,21+/m1/s1. The van der Waals surface area contributed by atoms with Gasteiger partial charge in [-0.15, -0.1) is 0 Å². The van der Waals surface area contributed by atoms with Gasteiger partial charge in [0.05, 0.1) is 0 Å². The van der Waals surface area contributed by atoms with E-state index in [-0.39, 0.29) is 5.41 Å². The molecule has 3 nitrogen and oxygen atoms in total. The molecule has 2 aromatic rings. The second kappa shape index (κ2) is 5.91. The van der Waals surface area contributed by atoms with Crippen molar-refractivity contribution in [1.29, 1.82) is 0 Å². The molecule has 0 aromatic heterocycles. The molecule has 3 heteroatoms. The first kappa shape index (κ1) is 15.7. The van der Waals surface area contributed by atoms with Gasteiger partial charge in [-0.1, -0.05) is 43.3 Å². The number of rotatable bonds is 3. The molecule has 0 amide bonds. The van der Waals surface area contributed by atoms with Gasteiger partial charge in [0.25, 0.3) is 0 Å². The zero-order valence-corrected chi connectivity index (χ0v) is 14.5. The molecule has 2 aromatic carbocycles. The summed E-state index contributed by atoms with van der Waals surface area (Å²) >= 11 is 0. The summed E-state index contributed by atoms with van der Waals surface area (Å²) in [6.07, 6.45) is 2.16. The zero-order chi connectivity index (χ0) is 16.7. The highest BCUT2D eigenvalue weighted by Crippen LogP contribution is 2.45. The fourth-order valence-electron chi connectivity index (χ4n) is 4.67. The van der Waals surface area contributed by atoms with Crippen molar-refractivity contribution in [2.75, 3.05) is 13.6 Å². The van der Waals surface area contributed by atoms with Crippen LogP contribution in [0, 0.1) is 0 Å². The summed E-state index contributed by atoms with van der Waals surface area (Å²) in [5, 5.41) is 13.9. The van der Waals surface area contributed by atoms with Gasteiger partial charge < -0.3 is 15.3 Å². The van der Waals surface area contributed by atoms with Crippen molar-refractivity contribution in [2.24, 2.45) is 0 Å². The maximum Gasteiger partial charge on any atom is 0.115 e. The Morgan fingerprint density at radius 3 is 2.79 bits per heavy atom. The number of hydrogen-bond acceptors (Lipinski definition) is 3. The van der Waals surface area contributed by atoms with E-state index in [0.29, 0.717) is 17.8 Å². The van der Waals surface area contributed by atoms with Gasteiger partial charge in [0.2, 0.25) is 0 Å². The number of fused-ring (bicyclic) bond motifs is 4. The van der Waals surface area contributed by atoms with Crippen molar-refractivity contribution >= 4 is 0 Å². The second-order valence-corrected chi connectivity index (χ2v) is 7.61. The Morgan fingerprint density at radius 2 is 2.00 bits per heavy atom. The molecule has 2 bridgehead atoms. The Labute approximate surface area is 144 Å². The molecule has 1 heterocycles. The molecule has 126 valence electrons. The number of nitrogens with one attached hydrogen (secondary N) is 1. The van der Waals surface area contributed by atoms with Gasteiger partial charge in [-0.05, 0) is 55.3 Å². The number of phenolic OH excluding ortho intramolecular Hbond substituents is 1. The Kier molecular flexibility index (Phi) is 3.86. The average molecular weight is 322 g/mol. The largest absolute Gasteiger partial charge is 0.508 e. The van der Waals surface area contributed by atoms with Gasteiger partial charge in [-0.2, -0.15) is 0 Å². The van der Waals surface area contributed by atoms with Crippen molar-refractivity contribution in [3.63, 3.8) is 0 Å². The van der Waals surface area contributed by atoms with Crippen molar-refractivity contribution in [1.82, 2.24) is 10.2 Å². The minimum Gasteiger partial charge on any atom is -0.508 e. The van der Waals surface area contributed by atoms with E-state index in [2.05, 4.69) is 60.6 Å². The predicted molar refractivity (Wildman–Crippen MR) is 97.3 cm³/mol. The monoisotopic (exact) mass is 322 g/mol. The molecule has 0 radical (unpaired) electrons. The normalized spacial score (nSPS) is 29.2. The SMILES string of the molecule is CN1CC[C@@]2(C)c3cc(O)ccc3C[C@@H]1[C@@H]2NCc1ccccc1. The van der Waals surface area contributed by atoms with E-state index in [1.165, 1.54) is 16.7 Å². The summed E-state index contributed by atoms with van der Waals surface area (Å²) in [6.45, 7) is 4.37. The van der Waals surface area contributed by atoms with Gasteiger partial charge in [0, 0.05) is 24.0 Å². The lowest BCUT2D eigenvalue weighted by Gasteiger charge is -2.55. The minimum atomic E-state index is 0.0677. The molecule has 24 heavy (non-hydrogen) atoms. The van der Waals surface area contributed by atoms with Crippen molar-refractivity contribution < 1.29 is 5.11 Å². The number of piperidine rings is 1. The van der Waals surface area contributed by atoms with Crippen LogP contribution in [0.4, 0.5) is 0 Å². The fraction of sp³-hybridized carbons (Fsp3) is 0.429. The van der Waals surface area contributed by atoms with E-state index < -0.39 is 0 Å². The molecular formula is C21H26N2O. The number of hydrogen-bond donors (Lipinski definition) is 2. The third-order valence-electron chi connectivity index (χ3n) is 6.13. The topological polar surface area (TPSA) is 35.5 Å². The summed E-state index contributed by atoms with van der Waals surface area (Å²) in [5.74, 6) is 0.383. The third kappa shape index (κ3) is 2.52. The Bertz CT molecular complexity index is 730. The van der Waals surface area contributed by atoms with Crippen LogP contribution in [0.1, 0.15) is 30.0 Å². The predicted octanol–water partition coefficient (Wildman–Crippen LogP) is 3.07. The molecule has 0 spiro atoms. The van der Waals surface area contributed by atoms with E-state index in [4.69, 9.17) is 0 Å². The Balaban J connectivity index is 1.68. The van der Waals surface area contributed by atoms with E-state index in [9.17, 15) is 5.11 Å². The lowest BCUT2D eigenvalue weighted by atomic mass is 9.61. The van der Waals surface area contributed by atoms with Gasteiger partial charge in [0.15, 0.2) is 0 Å². The van der Waals surface area contributed by atoms with E-state index in [0.717, 1.165) is 25.9 Å². The molecule has 4 rings (SSSR count). The van der Waals surface area contributed by atoms with Crippen LogP contribution in [0.2, 0.25) is 0 Å². The highest BCUT2D eigenvalue weighted by Gasteiger charge is 2.49. The van der Waals surface area contributed by atoms with Crippen LogP contribution >= 0.6 is 0 Å². The number of likely N-dealkylation sites (tertiary alicyclic amines) is 1. The quantitative estimate of drug-likeness (QED) is 0.912. The van der Waals surface area contributed by atoms with Crippen LogP contribution < -0.4 is 5.32 Å². The first-order valence-corrected chi connectivity index (χ1v) is 8.88. The molecule has 1 saturated heterocycles. The summed E-state index contributed by atoms with van der Waals surface area (Å²) in [6, 6.07) is 17.4. The van der Waals surface area contributed by atoms with Crippen LogP contribution in [-0.4, -0.2) is 35.7 Å². The molecule has 3 atom stereocenters. The molecule has 1 aliphatic carbocycles. The lowest BCUT2D eigenvalue weighted by molar-refractivity contribution is 0.0649. The van der Waals surface area contributed by atoms with Crippen LogP contribution in [-0.2, 0) is 18.4 Å². The van der Waals surface area contributed by atoms with Crippen LogP contribution in [0.5, 0.6) is 5.75 Å². The molecule has 1 aliphatic heterocycles. The number of phenols is 1. The number of benzene rings is 2. The average Bonchev–Trinajstić information content (AvgIpc) is 2.59. The Hall–Kier alpha value is -1.84. The summed E-state index contributed by atoms with van der Waals surface area (Å²) in [4.78, 5) is 2.50. The van der Waals surface area contributed by atoms with Gasteiger partial charge in [0.1, 0.15) is 5.75 Å². The molecule has 1 fully saturated rings. The molecule has 2 N–H and O–H groups in total. The number of nitrogens with zero attached hydrogens (tertiary/aromatic N) is 1. The lowest BCUT2D eigenvalue weighted by Crippen LogP contribution is -2.66. The highest BCUT2D eigenvalue weighted by atomic mass is 16.3. The maximum atomic E-state index is 10.0. The fourth-order valence-corrected chi connectivity index (χ4v) is 4.67. The first-order valence-electron chi connectivity index (χ1n) is 8.88. The smallest absolute Gasteiger partial charge is 0.115 e. The Morgan fingerprint density at radius 1 is 1.21 bits per heavy atom. The minimum absolute atomic E-state index is 0.0677.